The molecule has 2 aromatic heterocycles. The van der Waals surface area contributed by atoms with E-state index in [0.29, 0.717) is 0 Å². The molecule has 0 radical (unpaired) electrons. The van der Waals surface area contributed by atoms with Gasteiger partial charge in [0.05, 0.1) is 11.0 Å². The number of ether oxygens (including phenoxy) is 2. The first-order valence-corrected chi connectivity index (χ1v) is 13.8. The Balaban J connectivity index is 1.23. The highest BCUT2D eigenvalue weighted by Gasteiger charge is 2.21. The van der Waals surface area contributed by atoms with Gasteiger partial charge in [-0.05, 0) is 59.7 Å². The first kappa shape index (κ1) is 22.3. The van der Waals surface area contributed by atoms with Crippen molar-refractivity contribution in [3.63, 3.8) is 0 Å². The third kappa shape index (κ3) is 3.28. The molecule has 6 aromatic carbocycles. The van der Waals surface area contributed by atoms with Crippen molar-refractivity contribution in [2.24, 2.45) is 0 Å². The molecule has 0 bridgehead atoms. The number of aromatic nitrogens is 1. The second-order valence-corrected chi connectivity index (χ2v) is 10.4. The highest BCUT2D eigenvalue weighted by molar-refractivity contribution is 6.13. The minimum Gasteiger partial charge on any atom is -0.457 e. The average molecular weight is 530 g/mol. The zero-order chi connectivity index (χ0) is 26.9. The Hall–Kier alpha value is -5.48. The molecule has 0 fully saturated rings. The molecule has 4 nitrogen and oxygen atoms in total. The quantitative estimate of drug-likeness (QED) is 0.224. The van der Waals surface area contributed by atoms with Crippen molar-refractivity contribution in [3.8, 4) is 39.4 Å². The van der Waals surface area contributed by atoms with Gasteiger partial charge in [0.15, 0.2) is 0 Å². The predicted molar refractivity (Wildman–Crippen MR) is 165 cm³/mol. The maximum absolute atomic E-state index is 6.20. The summed E-state index contributed by atoms with van der Waals surface area (Å²) in [7, 11) is 0. The molecule has 0 unspecified atom stereocenters. The lowest BCUT2D eigenvalue weighted by molar-refractivity contribution is 0.125. The number of hydrogen-bond acceptors (Lipinski definition) is 3. The molecule has 0 spiro atoms. The van der Waals surface area contributed by atoms with Crippen LogP contribution in [0.15, 0.2) is 132 Å². The largest absolute Gasteiger partial charge is 0.457 e. The molecule has 4 heteroatoms. The smallest absolute Gasteiger partial charge is 0.230 e. The summed E-state index contributed by atoms with van der Waals surface area (Å²) in [5.74, 6) is 1.61. The van der Waals surface area contributed by atoms with E-state index in [0.717, 1.165) is 61.4 Å². The molecule has 0 aliphatic carbocycles. The Labute approximate surface area is 235 Å². The second-order valence-electron chi connectivity index (χ2n) is 10.4. The monoisotopic (exact) mass is 529 g/mol. The van der Waals surface area contributed by atoms with Crippen LogP contribution in [0.4, 0.5) is 0 Å². The number of nitrogens with zero attached hydrogens (tertiary/aromatic N) is 1. The van der Waals surface area contributed by atoms with Crippen LogP contribution in [-0.4, -0.2) is 11.4 Å². The summed E-state index contributed by atoms with van der Waals surface area (Å²) in [6.07, 6.45) is 0. The fraction of sp³-hybridized carbons (Fsp3) is 0.0270. The Morgan fingerprint density at radius 1 is 0.488 bits per heavy atom. The molecular weight excluding hydrogens is 506 g/mol. The molecule has 41 heavy (non-hydrogen) atoms. The summed E-state index contributed by atoms with van der Waals surface area (Å²) in [6.45, 7) is 0.151. The normalized spacial score (nSPS) is 12.7. The van der Waals surface area contributed by atoms with Gasteiger partial charge in [-0.2, -0.15) is 0 Å². The van der Waals surface area contributed by atoms with E-state index < -0.39 is 0 Å². The molecular formula is C37H23NO3. The van der Waals surface area contributed by atoms with E-state index >= 15 is 0 Å². The van der Waals surface area contributed by atoms with Gasteiger partial charge in [0.25, 0.3) is 0 Å². The fourth-order valence-electron chi connectivity index (χ4n) is 6.40. The number of fused-ring (bicyclic) bond motifs is 9. The molecule has 1 aliphatic rings. The second kappa shape index (κ2) is 8.51. The number of benzene rings is 6. The maximum Gasteiger partial charge on any atom is 0.230 e. The average Bonchev–Trinajstić information content (AvgIpc) is 3.51. The lowest BCUT2D eigenvalue weighted by Crippen LogP contribution is -2.04. The van der Waals surface area contributed by atoms with Gasteiger partial charge in [0.2, 0.25) is 6.79 Å². The topological polar surface area (TPSA) is 36.5 Å². The van der Waals surface area contributed by atoms with Crippen molar-refractivity contribution in [2.75, 3.05) is 6.79 Å². The number of para-hydroxylation sites is 3. The van der Waals surface area contributed by atoms with Crippen LogP contribution in [-0.2, 0) is 0 Å². The molecule has 0 saturated carbocycles. The molecule has 0 N–H and O–H groups in total. The summed E-state index contributed by atoms with van der Waals surface area (Å²) in [5.41, 5.74) is 9.41. The van der Waals surface area contributed by atoms with Gasteiger partial charge in [-0.25, -0.2) is 0 Å². The molecule has 0 saturated heterocycles. The third-order valence-electron chi connectivity index (χ3n) is 8.22. The summed E-state index contributed by atoms with van der Waals surface area (Å²) < 4.78 is 20.8. The summed E-state index contributed by atoms with van der Waals surface area (Å²) >= 11 is 0. The van der Waals surface area contributed by atoms with E-state index in [2.05, 4.69) is 108 Å². The minimum absolute atomic E-state index is 0.151. The zero-order valence-corrected chi connectivity index (χ0v) is 22.0. The standard InChI is InChI=1S/C37H23NO3/c1-4-12-31-26(8-1)27-9-2-5-13-32(27)38(31)24-17-18-28-30-20-23(16-19-33(30)39-22-40-36(28)21-24)25-11-7-15-35-37(25)29-10-3-6-14-34(29)41-35/h1-21H,22H2. The molecule has 3 heterocycles. The molecule has 0 atom stereocenters. The Morgan fingerprint density at radius 2 is 1.20 bits per heavy atom. The van der Waals surface area contributed by atoms with E-state index in [-0.39, 0.29) is 6.79 Å². The third-order valence-corrected chi connectivity index (χ3v) is 8.22. The van der Waals surface area contributed by atoms with E-state index in [1.807, 2.05) is 24.3 Å². The number of rotatable bonds is 2. The first-order valence-electron chi connectivity index (χ1n) is 13.8. The van der Waals surface area contributed by atoms with Crippen LogP contribution in [0.1, 0.15) is 0 Å². The molecule has 194 valence electrons. The number of hydrogen-bond donors (Lipinski definition) is 0. The van der Waals surface area contributed by atoms with E-state index in [4.69, 9.17) is 13.9 Å². The summed E-state index contributed by atoms with van der Waals surface area (Å²) in [6, 6.07) is 44.4. The fourth-order valence-corrected chi connectivity index (χ4v) is 6.40. The zero-order valence-electron chi connectivity index (χ0n) is 22.0. The highest BCUT2D eigenvalue weighted by Crippen LogP contribution is 2.44. The molecule has 1 aliphatic heterocycles. The Bertz CT molecular complexity index is 2250. The van der Waals surface area contributed by atoms with Crippen molar-refractivity contribution >= 4 is 43.7 Å². The van der Waals surface area contributed by atoms with Crippen LogP contribution < -0.4 is 9.47 Å². The van der Waals surface area contributed by atoms with E-state index in [1.54, 1.807) is 0 Å². The Morgan fingerprint density at radius 3 is 2.02 bits per heavy atom. The van der Waals surface area contributed by atoms with Crippen molar-refractivity contribution < 1.29 is 13.9 Å². The van der Waals surface area contributed by atoms with Gasteiger partial charge in [-0.3, -0.25) is 0 Å². The van der Waals surface area contributed by atoms with Crippen LogP contribution >= 0.6 is 0 Å². The van der Waals surface area contributed by atoms with Crippen molar-refractivity contribution in [1.29, 1.82) is 0 Å². The lowest BCUT2D eigenvalue weighted by atomic mass is 9.95. The van der Waals surface area contributed by atoms with Gasteiger partial charge >= 0.3 is 0 Å². The van der Waals surface area contributed by atoms with Crippen LogP contribution in [0.25, 0.3) is 71.7 Å². The van der Waals surface area contributed by atoms with Crippen molar-refractivity contribution in [3.05, 3.63) is 127 Å². The first-order chi connectivity index (χ1) is 20.3. The van der Waals surface area contributed by atoms with Gasteiger partial charge in [-0.1, -0.05) is 72.8 Å². The maximum atomic E-state index is 6.20. The summed E-state index contributed by atoms with van der Waals surface area (Å²) in [5, 5.41) is 4.70. The summed E-state index contributed by atoms with van der Waals surface area (Å²) in [4.78, 5) is 0. The Kier molecular flexibility index (Phi) is 4.64. The number of furan rings is 1. The predicted octanol–water partition coefficient (Wildman–Crippen LogP) is 9.75. The van der Waals surface area contributed by atoms with E-state index in [9.17, 15) is 0 Å². The van der Waals surface area contributed by atoms with Gasteiger partial charge in [0.1, 0.15) is 22.7 Å². The van der Waals surface area contributed by atoms with Gasteiger partial charge in [0, 0.05) is 44.4 Å². The lowest BCUT2D eigenvalue weighted by Gasteiger charge is -2.13. The van der Waals surface area contributed by atoms with E-state index in [1.165, 1.54) is 21.8 Å². The van der Waals surface area contributed by atoms with Gasteiger partial charge < -0.3 is 18.5 Å². The van der Waals surface area contributed by atoms with Crippen LogP contribution in [0.5, 0.6) is 11.5 Å². The van der Waals surface area contributed by atoms with Crippen LogP contribution in [0.2, 0.25) is 0 Å². The molecule has 0 amide bonds. The SMILES string of the molecule is c1ccc2c(c1)oc1cccc(-c3ccc4c(c3)-c3ccc(-n5c6ccccc6c6ccccc65)cc3OCO4)c12. The molecule has 9 rings (SSSR count). The van der Waals surface area contributed by atoms with Crippen LogP contribution in [0, 0.1) is 0 Å². The van der Waals surface area contributed by atoms with Gasteiger partial charge in [-0.15, -0.1) is 0 Å². The van der Waals surface area contributed by atoms with Crippen molar-refractivity contribution in [1.82, 2.24) is 4.57 Å². The highest BCUT2D eigenvalue weighted by atomic mass is 16.7. The van der Waals surface area contributed by atoms with Crippen molar-refractivity contribution in [2.45, 2.75) is 0 Å². The minimum atomic E-state index is 0.151. The van der Waals surface area contributed by atoms with Crippen LogP contribution in [0.3, 0.4) is 0 Å². The molecule has 8 aromatic rings.